The molecule has 0 radical (unpaired) electrons. The topological polar surface area (TPSA) is 55.4 Å². The van der Waals surface area contributed by atoms with Crippen LogP contribution in [0.1, 0.15) is 18.4 Å². The summed E-state index contributed by atoms with van der Waals surface area (Å²) in [5, 5.41) is 0.600. The minimum Gasteiger partial charge on any atom is -0.377 e. The number of nitrogens with one attached hydrogen (secondary N) is 1. The van der Waals surface area contributed by atoms with Gasteiger partial charge in [0.1, 0.15) is 0 Å². The molecule has 0 aliphatic carbocycles. The summed E-state index contributed by atoms with van der Waals surface area (Å²) >= 11 is 5.75. The molecule has 1 atom stereocenters. The molecule has 0 unspecified atom stereocenters. The lowest BCUT2D eigenvalue weighted by Crippen LogP contribution is -2.32. The van der Waals surface area contributed by atoms with Crippen LogP contribution in [0.5, 0.6) is 0 Å². The molecule has 4 nitrogen and oxygen atoms in total. The number of ether oxygens (including phenoxy) is 1. The summed E-state index contributed by atoms with van der Waals surface area (Å²) < 4.78 is 31.6. The molecule has 6 heteroatoms. The summed E-state index contributed by atoms with van der Waals surface area (Å²) in [5.74, 6) is -0.0309. The molecule has 1 aliphatic heterocycles. The van der Waals surface area contributed by atoms with E-state index >= 15 is 0 Å². The van der Waals surface area contributed by atoms with E-state index in [2.05, 4.69) is 4.72 Å². The highest BCUT2D eigenvalue weighted by atomic mass is 35.5. The Hall–Kier alpha value is -0.620. The Morgan fingerprint density at radius 1 is 1.33 bits per heavy atom. The Balaban J connectivity index is 1.88. The van der Waals surface area contributed by atoms with Crippen LogP contribution >= 0.6 is 11.6 Å². The largest absolute Gasteiger partial charge is 0.377 e. The Morgan fingerprint density at radius 3 is 2.67 bits per heavy atom. The molecule has 0 aromatic heterocycles. The van der Waals surface area contributed by atoms with Crippen molar-refractivity contribution in [3.63, 3.8) is 0 Å². The van der Waals surface area contributed by atoms with Crippen molar-refractivity contribution in [2.24, 2.45) is 0 Å². The normalized spacial score (nSPS) is 20.2. The molecular formula is C12H16ClNO3S. The summed E-state index contributed by atoms with van der Waals surface area (Å²) in [6.45, 7) is 1.08. The molecule has 18 heavy (non-hydrogen) atoms. The van der Waals surface area contributed by atoms with Gasteiger partial charge in [-0.05, 0) is 30.5 Å². The smallest absolute Gasteiger partial charge is 0.215 e. The summed E-state index contributed by atoms with van der Waals surface area (Å²) in [5.41, 5.74) is 0.722. The average Bonchev–Trinajstić information content (AvgIpc) is 2.83. The number of rotatable bonds is 5. The Morgan fingerprint density at radius 2 is 2.06 bits per heavy atom. The van der Waals surface area contributed by atoms with Crippen LogP contribution in [0.2, 0.25) is 5.02 Å². The fourth-order valence-corrected chi connectivity index (χ4v) is 3.18. The van der Waals surface area contributed by atoms with E-state index in [0.29, 0.717) is 11.6 Å². The molecule has 1 saturated heterocycles. The first-order valence-electron chi connectivity index (χ1n) is 5.88. The van der Waals surface area contributed by atoms with Crippen molar-refractivity contribution in [2.45, 2.75) is 24.7 Å². The molecule has 0 bridgehead atoms. The lowest BCUT2D eigenvalue weighted by molar-refractivity contribution is 0.114. The van der Waals surface area contributed by atoms with Gasteiger partial charge in [-0.2, -0.15) is 0 Å². The van der Waals surface area contributed by atoms with E-state index in [1.54, 1.807) is 24.3 Å². The lowest BCUT2D eigenvalue weighted by Gasteiger charge is -2.11. The third-order valence-corrected chi connectivity index (χ3v) is 4.40. The van der Waals surface area contributed by atoms with Gasteiger partial charge in [-0.25, -0.2) is 13.1 Å². The third kappa shape index (κ3) is 4.24. The van der Waals surface area contributed by atoms with Crippen LogP contribution < -0.4 is 4.72 Å². The minimum atomic E-state index is -3.31. The molecule has 0 spiro atoms. The van der Waals surface area contributed by atoms with Crippen molar-refractivity contribution in [1.29, 1.82) is 0 Å². The Kier molecular flexibility index (Phi) is 4.61. The zero-order valence-corrected chi connectivity index (χ0v) is 11.5. The van der Waals surface area contributed by atoms with E-state index in [0.717, 1.165) is 25.0 Å². The van der Waals surface area contributed by atoms with Crippen LogP contribution in [-0.2, 0) is 20.5 Å². The van der Waals surface area contributed by atoms with Crippen LogP contribution in [0.4, 0.5) is 0 Å². The third-order valence-electron chi connectivity index (χ3n) is 2.82. The van der Waals surface area contributed by atoms with E-state index < -0.39 is 10.0 Å². The quantitative estimate of drug-likeness (QED) is 0.901. The van der Waals surface area contributed by atoms with Crippen LogP contribution in [0, 0.1) is 0 Å². The van der Waals surface area contributed by atoms with E-state index in [1.165, 1.54) is 0 Å². The van der Waals surface area contributed by atoms with Gasteiger partial charge in [0, 0.05) is 18.2 Å². The maximum Gasteiger partial charge on any atom is 0.215 e. The van der Waals surface area contributed by atoms with E-state index in [-0.39, 0.29) is 11.9 Å². The second-order valence-corrected chi connectivity index (χ2v) is 6.61. The number of hydrogen-bond acceptors (Lipinski definition) is 3. The van der Waals surface area contributed by atoms with Crippen molar-refractivity contribution < 1.29 is 13.2 Å². The van der Waals surface area contributed by atoms with Gasteiger partial charge in [0.25, 0.3) is 0 Å². The number of halogens is 1. The highest BCUT2D eigenvalue weighted by Gasteiger charge is 2.19. The zero-order valence-electron chi connectivity index (χ0n) is 9.93. The molecule has 1 aromatic carbocycles. The highest BCUT2D eigenvalue weighted by Crippen LogP contribution is 2.13. The SMILES string of the molecule is O=S(=O)(Cc1ccc(Cl)cc1)NC[C@H]1CCCO1. The minimum absolute atomic E-state index is 0.0185. The van der Waals surface area contributed by atoms with Crippen molar-refractivity contribution in [3.8, 4) is 0 Å². The van der Waals surface area contributed by atoms with Crippen molar-refractivity contribution in [1.82, 2.24) is 4.72 Å². The number of sulfonamides is 1. The van der Waals surface area contributed by atoms with Gasteiger partial charge in [0.15, 0.2) is 0 Å². The summed E-state index contributed by atoms with van der Waals surface area (Å²) in [6, 6.07) is 6.81. The van der Waals surface area contributed by atoms with Gasteiger partial charge in [-0.15, -0.1) is 0 Å². The number of benzene rings is 1. The Bertz CT molecular complexity index is 481. The molecule has 1 N–H and O–H groups in total. The number of hydrogen-bond donors (Lipinski definition) is 1. The maximum atomic E-state index is 11.8. The van der Waals surface area contributed by atoms with Crippen LogP contribution in [0.3, 0.4) is 0 Å². The van der Waals surface area contributed by atoms with Crippen LogP contribution in [-0.4, -0.2) is 27.7 Å². The fourth-order valence-electron chi connectivity index (χ4n) is 1.88. The van der Waals surface area contributed by atoms with Crippen molar-refractivity contribution >= 4 is 21.6 Å². The van der Waals surface area contributed by atoms with Gasteiger partial charge in [-0.1, -0.05) is 23.7 Å². The summed E-state index contributed by atoms with van der Waals surface area (Å²) in [4.78, 5) is 0. The second kappa shape index (κ2) is 6.02. The fraction of sp³-hybridized carbons (Fsp3) is 0.500. The maximum absolute atomic E-state index is 11.8. The molecule has 2 rings (SSSR count). The highest BCUT2D eigenvalue weighted by molar-refractivity contribution is 7.88. The zero-order chi connectivity index (χ0) is 13.0. The molecule has 1 fully saturated rings. The Labute approximate surface area is 112 Å². The monoisotopic (exact) mass is 289 g/mol. The standard InChI is InChI=1S/C12H16ClNO3S/c13-11-5-3-10(4-6-11)9-18(15,16)14-8-12-2-1-7-17-12/h3-6,12,14H,1-2,7-9H2/t12-/m1/s1. The summed E-state index contributed by atoms with van der Waals surface area (Å²) in [6.07, 6.45) is 1.94. The first kappa shape index (κ1) is 13.8. The second-order valence-electron chi connectivity index (χ2n) is 4.37. The molecule has 1 aromatic rings. The first-order chi connectivity index (χ1) is 8.55. The van der Waals surface area contributed by atoms with Crippen LogP contribution in [0.15, 0.2) is 24.3 Å². The molecular weight excluding hydrogens is 274 g/mol. The predicted molar refractivity (Wildman–Crippen MR) is 71.1 cm³/mol. The summed E-state index contributed by atoms with van der Waals surface area (Å²) in [7, 11) is -3.31. The van der Waals surface area contributed by atoms with E-state index in [9.17, 15) is 8.42 Å². The van der Waals surface area contributed by atoms with E-state index in [1.807, 2.05) is 0 Å². The molecule has 1 heterocycles. The molecule has 100 valence electrons. The lowest BCUT2D eigenvalue weighted by atomic mass is 10.2. The first-order valence-corrected chi connectivity index (χ1v) is 7.91. The molecule has 1 aliphatic rings. The van der Waals surface area contributed by atoms with Gasteiger partial charge in [0.05, 0.1) is 11.9 Å². The van der Waals surface area contributed by atoms with Gasteiger partial charge >= 0.3 is 0 Å². The van der Waals surface area contributed by atoms with Gasteiger partial charge < -0.3 is 4.74 Å². The predicted octanol–water partition coefficient (Wildman–Crippen LogP) is 1.94. The van der Waals surface area contributed by atoms with Crippen molar-refractivity contribution in [3.05, 3.63) is 34.9 Å². The van der Waals surface area contributed by atoms with Crippen molar-refractivity contribution in [2.75, 3.05) is 13.2 Å². The van der Waals surface area contributed by atoms with Gasteiger partial charge in [-0.3, -0.25) is 0 Å². The molecule has 0 saturated carbocycles. The van der Waals surface area contributed by atoms with Crippen LogP contribution in [0.25, 0.3) is 0 Å². The average molecular weight is 290 g/mol. The molecule has 0 amide bonds. The van der Waals surface area contributed by atoms with E-state index in [4.69, 9.17) is 16.3 Å². The van der Waals surface area contributed by atoms with Gasteiger partial charge in [0.2, 0.25) is 10.0 Å².